The summed E-state index contributed by atoms with van der Waals surface area (Å²) in [6.07, 6.45) is 1.51. The van der Waals surface area contributed by atoms with Crippen LogP contribution in [-0.4, -0.2) is 25.6 Å². The Morgan fingerprint density at radius 3 is 2.85 bits per heavy atom. The first-order valence-corrected chi connectivity index (χ1v) is 9.69. The zero-order chi connectivity index (χ0) is 18.7. The molecule has 1 aromatic carbocycles. The molecule has 134 valence electrons. The largest absolute Gasteiger partial charge is 0.347 e. The third-order valence-corrected chi connectivity index (χ3v) is 6.08. The van der Waals surface area contributed by atoms with Crippen LogP contribution in [-0.2, 0) is 13.6 Å². The predicted molar refractivity (Wildman–Crippen MR) is 101 cm³/mol. The lowest BCUT2D eigenvalue weighted by molar-refractivity contribution is -0.387. The molecule has 0 saturated carbocycles. The van der Waals surface area contributed by atoms with Gasteiger partial charge in [-0.1, -0.05) is 0 Å². The lowest BCUT2D eigenvalue weighted by Crippen LogP contribution is -2.22. The number of benzene rings is 1. The smallest absolute Gasteiger partial charge is 0.284 e. The first kappa shape index (κ1) is 18.5. The highest BCUT2D eigenvalue weighted by Gasteiger charge is 2.20. The number of nitrogens with one attached hydrogen (secondary N) is 1. The number of carbonyl (C=O) groups excluding carboxylic acids is 1. The summed E-state index contributed by atoms with van der Waals surface area (Å²) in [6, 6.07) is 8.19. The number of amides is 1. The molecule has 0 unspecified atom stereocenters. The first-order valence-electron chi connectivity index (χ1n) is 7.27. The molecule has 0 saturated heterocycles. The number of hydrogen-bond acceptors (Lipinski definition) is 7. The van der Waals surface area contributed by atoms with Crippen LogP contribution in [0.4, 0.5) is 5.69 Å². The van der Waals surface area contributed by atoms with Crippen molar-refractivity contribution < 1.29 is 9.72 Å². The Bertz CT molecular complexity index is 972. The van der Waals surface area contributed by atoms with Crippen LogP contribution in [0.15, 0.2) is 50.5 Å². The molecule has 0 aliphatic carbocycles. The van der Waals surface area contributed by atoms with Gasteiger partial charge < -0.3 is 9.88 Å². The molecule has 0 spiro atoms. The van der Waals surface area contributed by atoms with Gasteiger partial charge in [-0.3, -0.25) is 14.9 Å². The number of aryl methyl sites for hydroxylation is 1. The molecule has 3 aromatic rings. The molecule has 1 amide bonds. The number of thiophene rings is 1. The van der Waals surface area contributed by atoms with E-state index in [1.807, 2.05) is 12.1 Å². The van der Waals surface area contributed by atoms with Gasteiger partial charge in [0, 0.05) is 23.6 Å². The van der Waals surface area contributed by atoms with Gasteiger partial charge in [0.15, 0.2) is 5.16 Å². The van der Waals surface area contributed by atoms with Gasteiger partial charge in [-0.25, -0.2) is 0 Å². The van der Waals surface area contributed by atoms with Crippen LogP contribution < -0.4 is 5.32 Å². The Balaban J connectivity index is 1.78. The van der Waals surface area contributed by atoms with Crippen LogP contribution >= 0.6 is 39.0 Å². The van der Waals surface area contributed by atoms with Crippen molar-refractivity contribution in [3.05, 3.63) is 61.0 Å². The van der Waals surface area contributed by atoms with E-state index in [0.717, 1.165) is 20.4 Å². The maximum Gasteiger partial charge on any atom is 0.284 e. The highest BCUT2D eigenvalue weighted by molar-refractivity contribution is 9.11. The van der Waals surface area contributed by atoms with E-state index in [9.17, 15) is 14.9 Å². The molecule has 11 heteroatoms. The number of aromatic nitrogens is 3. The Labute approximate surface area is 164 Å². The number of halogens is 1. The summed E-state index contributed by atoms with van der Waals surface area (Å²) in [5, 5.41) is 22.3. The molecule has 0 atom stereocenters. The van der Waals surface area contributed by atoms with E-state index in [-0.39, 0.29) is 17.2 Å². The van der Waals surface area contributed by atoms with E-state index in [2.05, 4.69) is 31.4 Å². The van der Waals surface area contributed by atoms with E-state index in [1.54, 1.807) is 23.7 Å². The van der Waals surface area contributed by atoms with Gasteiger partial charge in [0.1, 0.15) is 6.33 Å². The highest BCUT2D eigenvalue weighted by atomic mass is 79.9. The van der Waals surface area contributed by atoms with Gasteiger partial charge in [-0.15, -0.1) is 21.5 Å². The minimum atomic E-state index is -0.508. The van der Waals surface area contributed by atoms with Crippen molar-refractivity contribution in [2.45, 2.75) is 16.6 Å². The van der Waals surface area contributed by atoms with Crippen molar-refractivity contribution in [2.24, 2.45) is 7.05 Å². The number of nitrogens with zero attached hydrogens (tertiary/aromatic N) is 4. The molecule has 0 radical (unpaired) electrons. The van der Waals surface area contributed by atoms with Crippen LogP contribution in [0, 0.1) is 10.1 Å². The van der Waals surface area contributed by atoms with Crippen LogP contribution in [0.25, 0.3) is 0 Å². The van der Waals surface area contributed by atoms with E-state index >= 15 is 0 Å². The number of hydrogen-bond donors (Lipinski definition) is 1. The molecule has 3 rings (SSSR count). The molecule has 2 heterocycles. The average molecular weight is 454 g/mol. The fraction of sp³-hybridized carbons (Fsp3) is 0.133. The zero-order valence-corrected chi connectivity index (χ0v) is 16.6. The Hall–Kier alpha value is -2.24. The van der Waals surface area contributed by atoms with Gasteiger partial charge in [0.25, 0.3) is 11.6 Å². The lowest BCUT2D eigenvalue weighted by Gasteiger charge is -2.06. The summed E-state index contributed by atoms with van der Waals surface area (Å²) in [6.45, 7) is 0.359. The van der Waals surface area contributed by atoms with E-state index in [0.29, 0.717) is 16.6 Å². The van der Waals surface area contributed by atoms with Gasteiger partial charge in [-0.2, -0.15) is 0 Å². The molecule has 0 bridgehead atoms. The molecule has 0 aliphatic heterocycles. The van der Waals surface area contributed by atoms with E-state index in [1.165, 1.54) is 23.7 Å². The molecule has 0 fully saturated rings. The van der Waals surface area contributed by atoms with Gasteiger partial charge in [0.2, 0.25) is 0 Å². The minimum Gasteiger partial charge on any atom is -0.347 e. The standard InChI is InChI=1S/C15H12BrN5O3S2/c1-20-8-18-19-15(20)26-12-4-2-9(6-11(12)21(23)24)14(22)17-7-10-3-5-13(16)25-10/h2-6,8H,7H2,1H3,(H,17,22). The normalized spacial score (nSPS) is 10.7. The fourth-order valence-electron chi connectivity index (χ4n) is 2.07. The number of nitro groups is 1. The maximum absolute atomic E-state index is 12.3. The van der Waals surface area contributed by atoms with Crippen molar-refractivity contribution in [1.82, 2.24) is 20.1 Å². The molecule has 26 heavy (non-hydrogen) atoms. The second kappa shape index (κ2) is 7.98. The fourth-order valence-corrected chi connectivity index (χ4v) is 4.34. The van der Waals surface area contributed by atoms with Gasteiger partial charge in [0.05, 0.1) is 20.1 Å². The Kier molecular flexibility index (Phi) is 5.69. The van der Waals surface area contributed by atoms with E-state index < -0.39 is 4.92 Å². The molecular formula is C15H12BrN5O3S2. The number of carbonyl (C=O) groups is 1. The molecule has 1 N–H and O–H groups in total. The SMILES string of the molecule is Cn1cnnc1Sc1ccc(C(=O)NCc2ccc(Br)s2)cc1[N+](=O)[O-]. The van der Waals surface area contributed by atoms with Crippen LogP contribution in [0.3, 0.4) is 0 Å². The van der Waals surface area contributed by atoms with Crippen molar-refractivity contribution in [3.63, 3.8) is 0 Å². The number of rotatable bonds is 6. The van der Waals surface area contributed by atoms with Crippen LogP contribution in [0.1, 0.15) is 15.2 Å². The zero-order valence-electron chi connectivity index (χ0n) is 13.4. The monoisotopic (exact) mass is 453 g/mol. The third-order valence-electron chi connectivity index (χ3n) is 3.34. The highest BCUT2D eigenvalue weighted by Crippen LogP contribution is 2.34. The molecule has 8 nitrogen and oxygen atoms in total. The second-order valence-corrected chi connectivity index (χ2v) is 8.71. The van der Waals surface area contributed by atoms with Crippen molar-refractivity contribution in [2.75, 3.05) is 0 Å². The summed E-state index contributed by atoms with van der Waals surface area (Å²) in [5.41, 5.74) is 0.0826. The van der Waals surface area contributed by atoms with Crippen LogP contribution in [0.5, 0.6) is 0 Å². The second-order valence-electron chi connectivity index (χ2n) is 5.15. The summed E-state index contributed by atoms with van der Waals surface area (Å²) in [5.74, 6) is -0.368. The topological polar surface area (TPSA) is 103 Å². The van der Waals surface area contributed by atoms with Crippen molar-refractivity contribution in [1.29, 1.82) is 0 Å². The van der Waals surface area contributed by atoms with Crippen molar-refractivity contribution in [3.8, 4) is 0 Å². The Morgan fingerprint density at radius 2 is 2.23 bits per heavy atom. The summed E-state index contributed by atoms with van der Waals surface area (Å²) < 4.78 is 2.64. The third kappa shape index (κ3) is 4.29. The average Bonchev–Trinajstić information content (AvgIpc) is 3.21. The lowest BCUT2D eigenvalue weighted by atomic mass is 10.2. The molecule has 2 aromatic heterocycles. The van der Waals surface area contributed by atoms with Gasteiger partial charge in [-0.05, 0) is 52.0 Å². The Morgan fingerprint density at radius 1 is 1.42 bits per heavy atom. The summed E-state index contributed by atoms with van der Waals surface area (Å²) in [4.78, 5) is 24.6. The molecular weight excluding hydrogens is 442 g/mol. The first-order chi connectivity index (χ1) is 12.4. The summed E-state index contributed by atoms with van der Waals surface area (Å²) >= 11 is 6.00. The predicted octanol–water partition coefficient (Wildman–Crippen LogP) is 3.63. The van der Waals surface area contributed by atoms with E-state index in [4.69, 9.17) is 0 Å². The minimum absolute atomic E-state index is 0.149. The maximum atomic E-state index is 12.3. The van der Waals surface area contributed by atoms with Crippen molar-refractivity contribution >= 4 is 50.6 Å². The quantitative estimate of drug-likeness (QED) is 0.451. The van der Waals surface area contributed by atoms with Crippen LogP contribution in [0.2, 0.25) is 0 Å². The molecule has 0 aliphatic rings. The number of nitro benzene ring substituents is 1. The summed E-state index contributed by atoms with van der Waals surface area (Å²) in [7, 11) is 1.75. The van der Waals surface area contributed by atoms with Gasteiger partial charge >= 0.3 is 0 Å².